The standard InChI is InChI=1S/C5H6Cl3N/c6-5(7,8)4-2-1-3-9-4/h2,9H,1,3H2. The Bertz CT molecular complexity index is 136. The summed E-state index contributed by atoms with van der Waals surface area (Å²) in [5, 5.41) is 2.96. The minimum Gasteiger partial charge on any atom is -0.385 e. The second kappa shape index (κ2) is 2.57. The van der Waals surface area contributed by atoms with Crippen molar-refractivity contribution >= 4 is 34.8 Å². The lowest BCUT2D eigenvalue weighted by molar-refractivity contribution is 0.858. The van der Waals surface area contributed by atoms with Gasteiger partial charge in [-0.1, -0.05) is 40.9 Å². The van der Waals surface area contributed by atoms with E-state index in [1.807, 2.05) is 6.08 Å². The maximum absolute atomic E-state index is 5.54. The average molecular weight is 186 g/mol. The molecule has 9 heavy (non-hydrogen) atoms. The van der Waals surface area contributed by atoms with Crippen molar-refractivity contribution in [2.24, 2.45) is 0 Å². The number of rotatable bonds is 0. The van der Waals surface area contributed by atoms with Gasteiger partial charge in [0.25, 0.3) is 0 Å². The molecule has 0 aromatic rings. The second-order valence-corrected chi connectivity index (χ2v) is 4.11. The number of nitrogens with one attached hydrogen (secondary N) is 1. The molecule has 0 aromatic heterocycles. The quantitative estimate of drug-likeness (QED) is 0.572. The van der Waals surface area contributed by atoms with Gasteiger partial charge in [0, 0.05) is 6.54 Å². The zero-order chi connectivity index (χ0) is 6.91. The summed E-state index contributed by atoms with van der Waals surface area (Å²) in [7, 11) is 0. The van der Waals surface area contributed by atoms with Gasteiger partial charge >= 0.3 is 0 Å². The highest BCUT2D eigenvalue weighted by Gasteiger charge is 2.27. The van der Waals surface area contributed by atoms with Crippen molar-refractivity contribution in [2.75, 3.05) is 6.54 Å². The predicted octanol–water partition coefficient (Wildman–Crippen LogP) is 2.23. The highest BCUT2D eigenvalue weighted by molar-refractivity contribution is 6.69. The molecule has 0 aliphatic carbocycles. The van der Waals surface area contributed by atoms with Crippen molar-refractivity contribution in [2.45, 2.75) is 10.2 Å². The fourth-order valence-corrected chi connectivity index (χ4v) is 1.14. The first-order valence-corrected chi connectivity index (χ1v) is 3.75. The Balaban J connectivity index is 2.61. The van der Waals surface area contributed by atoms with Gasteiger partial charge in [0.15, 0.2) is 0 Å². The third kappa shape index (κ3) is 1.92. The normalized spacial score (nSPS) is 19.2. The molecule has 1 nitrogen and oxygen atoms in total. The van der Waals surface area contributed by atoms with Crippen LogP contribution < -0.4 is 5.32 Å². The first-order valence-electron chi connectivity index (χ1n) is 2.62. The predicted molar refractivity (Wildman–Crippen MR) is 41.0 cm³/mol. The van der Waals surface area contributed by atoms with Crippen LogP contribution in [0.4, 0.5) is 0 Å². The summed E-state index contributed by atoms with van der Waals surface area (Å²) in [4.78, 5) is 0. The molecule has 0 unspecified atom stereocenters. The molecule has 0 amide bonds. The molecule has 0 spiro atoms. The third-order valence-electron chi connectivity index (χ3n) is 1.11. The molecule has 0 atom stereocenters. The van der Waals surface area contributed by atoms with Crippen LogP contribution >= 0.6 is 34.8 Å². The highest BCUT2D eigenvalue weighted by atomic mass is 35.6. The van der Waals surface area contributed by atoms with Gasteiger partial charge in [0.1, 0.15) is 0 Å². The van der Waals surface area contributed by atoms with Crippen molar-refractivity contribution in [3.05, 3.63) is 11.8 Å². The van der Waals surface area contributed by atoms with E-state index in [9.17, 15) is 0 Å². The molecule has 0 fully saturated rings. The number of allylic oxidation sites excluding steroid dienone is 1. The molecule has 1 heterocycles. The maximum Gasteiger partial charge on any atom is 0.229 e. The molecular weight excluding hydrogens is 180 g/mol. The summed E-state index contributed by atoms with van der Waals surface area (Å²) in [6.45, 7) is 0.878. The highest BCUT2D eigenvalue weighted by Crippen LogP contribution is 2.34. The molecule has 0 bridgehead atoms. The molecule has 0 saturated heterocycles. The van der Waals surface area contributed by atoms with E-state index in [4.69, 9.17) is 34.8 Å². The molecule has 1 rings (SSSR count). The van der Waals surface area contributed by atoms with E-state index in [0.717, 1.165) is 13.0 Å². The lowest BCUT2D eigenvalue weighted by atomic mass is 10.4. The summed E-state index contributed by atoms with van der Waals surface area (Å²) in [5.74, 6) is 0. The Morgan fingerprint density at radius 1 is 1.44 bits per heavy atom. The van der Waals surface area contributed by atoms with Crippen LogP contribution in [-0.2, 0) is 0 Å². The van der Waals surface area contributed by atoms with E-state index in [1.165, 1.54) is 0 Å². The largest absolute Gasteiger partial charge is 0.385 e. The average Bonchev–Trinajstić information content (AvgIpc) is 2.08. The zero-order valence-corrected chi connectivity index (χ0v) is 6.89. The van der Waals surface area contributed by atoms with Gasteiger partial charge < -0.3 is 5.32 Å². The molecule has 4 heteroatoms. The zero-order valence-electron chi connectivity index (χ0n) is 4.63. The van der Waals surface area contributed by atoms with Gasteiger partial charge in [-0.2, -0.15) is 0 Å². The number of halogens is 3. The van der Waals surface area contributed by atoms with E-state index in [1.54, 1.807) is 0 Å². The van der Waals surface area contributed by atoms with E-state index < -0.39 is 3.79 Å². The lowest BCUT2D eigenvalue weighted by Gasteiger charge is -2.12. The van der Waals surface area contributed by atoms with Crippen LogP contribution in [0.5, 0.6) is 0 Å². The maximum atomic E-state index is 5.54. The Hall–Kier alpha value is 0.410. The monoisotopic (exact) mass is 185 g/mol. The van der Waals surface area contributed by atoms with E-state index >= 15 is 0 Å². The fourth-order valence-electron chi connectivity index (χ4n) is 0.711. The van der Waals surface area contributed by atoms with Gasteiger partial charge in [-0.15, -0.1) is 0 Å². The van der Waals surface area contributed by atoms with E-state index in [0.29, 0.717) is 5.70 Å². The van der Waals surface area contributed by atoms with Crippen molar-refractivity contribution in [1.29, 1.82) is 0 Å². The molecule has 0 saturated carbocycles. The topological polar surface area (TPSA) is 12.0 Å². The van der Waals surface area contributed by atoms with Crippen LogP contribution in [0.15, 0.2) is 11.8 Å². The molecule has 1 aliphatic heterocycles. The van der Waals surface area contributed by atoms with E-state index in [2.05, 4.69) is 5.32 Å². The van der Waals surface area contributed by atoms with Crippen molar-refractivity contribution in [3.63, 3.8) is 0 Å². The minimum absolute atomic E-state index is 0.701. The van der Waals surface area contributed by atoms with Crippen LogP contribution in [0.2, 0.25) is 0 Å². The van der Waals surface area contributed by atoms with E-state index in [-0.39, 0.29) is 0 Å². The fraction of sp³-hybridized carbons (Fsp3) is 0.600. The summed E-state index contributed by atoms with van der Waals surface area (Å²) >= 11 is 16.6. The molecule has 1 N–H and O–H groups in total. The van der Waals surface area contributed by atoms with Crippen LogP contribution in [0.25, 0.3) is 0 Å². The van der Waals surface area contributed by atoms with Crippen molar-refractivity contribution in [3.8, 4) is 0 Å². The Labute approximate surface area is 69.0 Å². The second-order valence-electron chi connectivity index (χ2n) is 1.83. The van der Waals surface area contributed by atoms with Crippen molar-refractivity contribution < 1.29 is 0 Å². The smallest absolute Gasteiger partial charge is 0.229 e. The summed E-state index contributed by atoms with van der Waals surface area (Å²) in [6.07, 6.45) is 2.84. The summed E-state index contributed by atoms with van der Waals surface area (Å²) < 4.78 is -1.25. The number of hydrogen-bond donors (Lipinski definition) is 1. The van der Waals surface area contributed by atoms with Gasteiger partial charge in [0.05, 0.1) is 5.70 Å². The molecule has 0 aromatic carbocycles. The number of alkyl halides is 3. The van der Waals surface area contributed by atoms with Gasteiger partial charge in [0.2, 0.25) is 3.79 Å². The first kappa shape index (κ1) is 7.52. The molecule has 0 radical (unpaired) electrons. The van der Waals surface area contributed by atoms with Crippen LogP contribution in [0, 0.1) is 0 Å². The van der Waals surface area contributed by atoms with Gasteiger partial charge in [-0.25, -0.2) is 0 Å². The van der Waals surface area contributed by atoms with Crippen LogP contribution in [-0.4, -0.2) is 10.3 Å². The molecular formula is C5H6Cl3N. The van der Waals surface area contributed by atoms with Crippen molar-refractivity contribution in [1.82, 2.24) is 5.32 Å². The molecule has 52 valence electrons. The van der Waals surface area contributed by atoms with Gasteiger partial charge in [-0.05, 0) is 6.42 Å². The van der Waals surface area contributed by atoms with Crippen LogP contribution in [0.1, 0.15) is 6.42 Å². The minimum atomic E-state index is -1.25. The SMILES string of the molecule is ClC(Cl)(Cl)C1=CCCN1. The van der Waals surface area contributed by atoms with Crippen LogP contribution in [0.3, 0.4) is 0 Å². The Morgan fingerprint density at radius 2 is 2.11 bits per heavy atom. The number of hydrogen-bond acceptors (Lipinski definition) is 1. The first-order chi connectivity index (χ1) is 4.11. The summed E-state index contributed by atoms with van der Waals surface area (Å²) in [6, 6.07) is 0. The Kier molecular flexibility index (Phi) is 2.14. The van der Waals surface area contributed by atoms with Gasteiger partial charge in [-0.3, -0.25) is 0 Å². The molecule has 1 aliphatic rings. The lowest BCUT2D eigenvalue weighted by Crippen LogP contribution is -2.19. The third-order valence-corrected chi connectivity index (χ3v) is 1.72. The Morgan fingerprint density at radius 3 is 2.33 bits per heavy atom. The summed E-state index contributed by atoms with van der Waals surface area (Å²) in [5.41, 5.74) is 0.701.